The Bertz CT molecular complexity index is 365. The van der Waals surface area contributed by atoms with E-state index < -0.39 is 0 Å². The number of amides is 1. The highest BCUT2D eigenvalue weighted by Crippen LogP contribution is 2.16. The lowest BCUT2D eigenvalue weighted by molar-refractivity contribution is -0.120. The van der Waals surface area contributed by atoms with Crippen LogP contribution in [0, 0.1) is 5.92 Å². The predicted molar refractivity (Wildman–Crippen MR) is 83.5 cm³/mol. The number of hydrogen-bond donors (Lipinski definition) is 2. The van der Waals surface area contributed by atoms with E-state index in [9.17, 15) is 4.79 Å². The van der Waals surface area contributed by atoms with Gasteiger partial charge in [-0.2, -0.15) is 0 Å². The summed E-state index contributed by atoms with van der Waals surface area (Å²) in [6.45, 7) is 4.75. The Morgan fingerprint density at radius 1 is 1.26 bits per heavy atom. The zero-order valence-electron chi connectivity index (χ0n) is 11.8. The summed E-state index contributed by atoms with van der Waals surface area (Å²) in [4.78, 5) is 12.1. The summed E-state index contributed by atoms with van der Waals surface area (Å²) in [5.41, 5.74) is 7.47. The van der Waals surface area contributed by atoms with Gasteiger partial charge in [0.2, 0.25) is 5.91 Å². The van der Waals surface area contributed by atoms with E-state index in [2.05, 4.69) is 19.2 Å². The molecule has 1 unspecified atom stereocenters. The second-order valence-corrected chi connectivity index (χ2v) is 4.64. The van der Waals surface area contributed by atoms with E-state index in [0.717, 1.165) is 36.9 Å². The van der Waals surface area contributed by atoms with Crippen LogP contribution in [0.15, 0.2) is 24.3 Å². The number of nitrogens with two attached hydrogens (primary N) is 1. The van der Waals surface area contributed by atoms with Crippen LogP contribution in [0.25, 0.3) is 0 Å². The molecule has 0 radical (unpaired) electrons. The van der Waals surface area contributed by atoms with Crippen molar-refractivity contribution in [2.24, 2.45) is 11.7 Å². The Kier molecular flexibility index (Phi) is 9.27. The van der Waals surface area contributed by atoms with Crippen LogP contribution in [0.1, 0.15) is 45.1 Å². The third-order valence-electron chi connectivity index (χ3n) is 3.23. The van der Waals surface area contributed by atoms with Gasteiger partial charge in [-0.05, 0) is 30.5 Å². The fourth-order valence-corrected chi connectivity index (χ4v) is 1.94. The maximum atomic E-state index is 12.1. The van der Waals surface area contributed by atoms with Gasteiger partial charge in [0.15, 0.2) is 0 Å². The van der Waals surface area contributed by atoms with Crippen molar-refractivity contribution in [1.82, 2.24) is 0 Å². The molecule has 0 saturated carbocycles. The zero-order valence-corrected chi connectivity index (χ0v) is 12.6. The van der Waals surface area contributed by atoms with E-state index in [1.54, 1.807) is 0 Å². The lowest BCUT2D eigenvalue weighted by Crippen LogP contribution is -2.22. The highest BCUT2D eigenvalue weighted by atomic mass is 35.5. The molecule has 1 aromatic rings. The summed E-state index contributed by atoms with van der Waals surface area (Å²) in [7, 11) is 0. The second-order valence-electron chi connectivity index (χ2n) is 4.64. The number of unbranched alkanes of at least 4 members (excludes halogenated alkanes) is 1. The van der Waals surface area contributed by atoms with Crippen LogP contribution in [0.4, 0.5) is 5.69 Å². The van der Waals surface area contributed by atoms with Crippen molar-refractivity contribution >= 4 is 24.0 Å². The van der Waals surface area contributed by atoms with E-state index in [1.165, 1.54) is 0 Å². The first-order valence-corrected chi connectivity index (χ1v) is 6.81. The highest BCUT2D eigenvalue weighted by Gasteiger charge is 2.15. The standard InChI is InChI=1S/C15H24N2O.ClH/c1-3-5-6-13(4-2)15(18)17-14-9-7-12(11-16)8-10-14;/h7-10,13H,3-6,11,16H2,1-2H3,(H,17,18);1H. The number of carbonyl (C=O) groups is 1. The molecule has 0 aromatic heterocycles. The predicted octanol–water partition coefficient (Wildman–Crippen LogP) is 3.72. The van der Waals surface area contributed by atoms with Crippen LogP contribution in [-0.2, 0) is 11.3 Å². The first-order chi connectivity index (χ1) is 8.71. The van der Waals surface area contributed by atoms with Crippen LogP contribution >= 0.6 is 12.4 Å². The van der Waals surface area contributed by atoms with Crippen molar-refractivity contribution in [2.45, 2.75) is 46.1 Å². The first-order valence-electron chi connectivity index (χ1n) is 6.81. The number of hydrogen-bond acceptors (Lipinski definition) is 2. The maximum Gasteiger partial charge on any atom is 0.227 e. The van der Waals surface area contributed by atoms with E-state index >= 15 is 0 Å². The van der Waals surface area contributed by atoms with Gasteiger partial charge in [-0.1, -0.05) is 38.8 Å². The Hall–Kier alpha value is -1.06. The van der Waals surface area contributed by atoms with E-state index in [4.69, 9.17) is 5.73 Å². The second kappa shape index (κ2) is 9.82. The van der Waals surface area contributed by atoms with Gasteiger partial charge in [-0.25, -0.2) is 0 Å². The average molecular weight is 285 g/mol. The van der Waals surface area contributed by atoms with E-state index in [-0.39, 0.29) is 24.2 Å². The van der Waals surface area contributed by atoms with Crippen molar-refractivity contribution in [2.75, 3.05) is 5.32 Å². The molecule has 19 heavy (non-hydrogen) atoms. The Morgan fingerprint density at radius 2 is 1.89 bits per heavy atom. The van der Waals surface area contributed by atoms with Gasteiger partial charge in [0.25, 0.3) is 0 Å². The van der Waals surface area contributed by atoms with Crippen LogP contribution in [0.3, 0.4) is 0 Å². The van der Waals surface area contributed by atoms with Gasteiger partial charge in [0, 0.05) is 18.2 Å². The summed E-state index contributed by atoms with van der Waals surface area (Å²) in [6.07, 6.45) is 4.11. The summed E-state index contributed by atoms with van der Waals surface area (Å²) < 4.78 is 0. The summed E-state index contributed by atoms with van der Waals surface area (Å²) in [5, 5.41) is 2.97. The first kappa shape index (κ1) is 17.9. The summed E-state index contributed by atoms with van der Waals surface area (Å²) >= 11 is 0. The Morgan fingerprint density at radius 3 is 2.37 bits per heavy atom. The smallest absolute Gasteiger partial charge is 0.227 e. The summed E-state index contributed by atoms with van der Waals surface area (Å²) in [6, 6.07) is 7.71. The fourth-order valence-electron chi connectivity index (χ4n) is 1.94. The zero-order chi connectivity index (χ0) is 13.4. The lowest BCUT2D eigenvalue weighted by Gasteiger charge is -2.14. The Balaban J connectivity index is 0.00000324. The van der Waals surface area contributed by atoms with Crippen molar-refractivity contribution in [1.29, 1.82) is 0 Å². The minimum atomic E-state index is 0. The minimum absolute atomic E-state index is 0. The monoisotopic (exact) mass is 284 g/mol. The van der Waals surface area contributed by atoms with Gasteiger partial charge in [-0.3, -0.25) is 4.79 Å². The molecule has 3 N–H and O–H groups in total. The third-order valence-corrected chi connectivity index (χ3v) is 3.23. The maximum absolute atomic E-state index is 12.1. The van der Waals surface area contributed by atoms with E-state index in [1.807, 2.05) is 24.3 Å². The van der Waals surface area contributed by atoms with Crippen LogP contribution < -0.4 is 11.1 Å². The van der Waals surface area contributed by atoms with Gasteiger partial charge >= 0.3 is 0 Å². The van der Waals surface area contributed by atoms with Gasteiger partial charge in [0.1, 0.15) is 0 Å². The number of rotatable bonds is 7. The van der Waals surface area contributed by atoms with Crippen molar-refractivity contribution in [3.05, 3.63) is 29.8 Å². The van der Waals surface area contributed by atoms with Crippen LogP contribution in [0.2, 0.25) is 0 Å². The molecule has 3 nitrogen and oxygen atoms in total. The molecule has 0 aliphatic carbocycles. The molecule has 0 fully saturated rings. The topological polar surface area (TPSA) is 55.1 Å². The molecule has 0 heterocycles. The molecule has 1 rings (SSSR count). The molecule has 0 aliphatic rings. The highest BCUT2D eigenvalue weighted by molar-refractivity contribution is 5.92. The quantitative estimate of drug-likeness (QED) is 0.802. The SMILES string of the molecule is CCCCC(CC)C(=O)Nc1ccc(CN)cc1.Cl. The molecule has 108 valence electrons. The van der Waals surface area contributed by atoms with E-state index in [0.29, 0.717) is 6.54 Å². The number of nitrogens with one attached hydrogen (secondary N) is 1. The van der Waals surface area contributed by atoms with Gasteiger partial charge in [-0.15, -0.1) is 12.4 Å². The van der Waals surface area contributed by atoms with Gasteiger partial charge in [0.05, 0.1) is 0 Å². The number of anilines is 1. The summed E-state index contributed by atoms with van der Waals surface area (Å²) in [5.74, 6) is 0.255. The number of carbonyl (C=O) groups excluding carboxylic acids is 1. The lowest BCUT2D eigenvalue weighted by atomic mass is 9.98. The molecule has 0 aliphatic heterocycles. The molecule has 0 saturated heterocycles. The molecule has 0 bridgehead atoms. The normalized spacial score (nSPS) is 11.5. The molecule has 1 amide bonds. The van der Waals surface area contributed by atoms with Gasteiger partial charge < -0.3 is 11.1 Å². The molecule has 1 aromatic carbocycles. The number of halogens is 1. The molecule has 0 spiro atoms. The van der Waals surface area contributed by atoms with Crippen molar-refractivity contribution in [3.63, 3.8) is 0 Å². The van der Waals surface area contributed by atoms with Crippen LogP contribution in [0.5, 0.6) is 0 Å². The minimum Gasteiger partial charge on any atom is -0.326 e. The third kappa shape index (κ3) is 6.08. The van der Waals surface area contributed by atoms with Crippen LogP contribution in [-0.4, -0.2) is 5.91 Å². The Labute approximate surface area is 122 Å². The fraction of sp³-hybridized carbons (Fsp3) is 0.533. The molecule has 4 heteroatoms. The average Bonchev–Trinajstić information content (AvgIpc) is 2.40. The van der Waals surface area contributed by atoms with Crippen molar-refractivity contribution in [3.8, 4) is 0 Å². The molecular weight excluding hydrogens is 260 g/mol. The van der Waals surface area contributed by atoms with Crippen molar-refractivity contribution < 1.29 is 4.79 Å². The molecule has 1 atom stereocenters. The largest absolute Gasteiger partial charge is 0.326 e. The number of benzene rings is 1. The molecular formula is C15H25ClN2O.